The number of hydrogen-bond donors (Lipinski definition) is 1. The van der Waals surface area contributed by atoms with Crippen LogP contribution in [0.1, 0.15) is 19.8 Å². The van der Waals surface area contributed by atoms with E-state index in [1.165, 1.54) is 15.9 Å². The molecule has 2 heterocycles. The number of tetrazole rings is 1. The Morgan fingerprint density at radius 1 is 1.50 bits per heavy atom. The van der Waals surface area contributed by atoms with Gasteiger partial charge in [-0.1, -0.05) is 6.92 Å². The second-order valence-corrected chi connectivity index (χ2v) is 4.64. The molecular weight excluding hydrogens is 236 g/mol. The molecule has 1 aliphatic rings. The Bertz CT molecular complexity index is 432. The second-order valence-electron chi connectivity index (χ2n) is 4.64. The number of piperidine rings is 1. The van der Waals surface area contributed by atoms with E-state index >= 15 is 0 Å². The van der Waals surface area contributed by atoms with Gasteiger partial charge in [0, 0.05) is 6.54 Å². The predicted molar refractivity (Wildman–Crippen MR) is 60.9 cm³/mol. The summed E-state index contributed by atoms with van der Waals surface area (Å²) in [6.45, 7) is 2.64. The first kappa shape index (κ1) is 12.5. The molecule has 1 aromatic rings. The topological polar surface area (TPSA) is 107 Å². The van der Waals surface area contributed by atoms with E-state index in [4.69, 9.17) is 5.73 Å². The molecule has 2 rings (SSSR count). The van der Waals surface area contributed by atoms with Gasteiger partial charge >= 0.3 is 0 Å². The maximum atomic E-state index is 12.1. The first-order valence-corrected chi connectivity index (χ1v) is 5.87. The first-order chi connectivity index (χ1) is 8.58. The number of hydrogen-bond acceptors (Lipinski definition) is 5. The maximum Gasteiger partial charge on any atom is 0.245 e. The lowest BCUT2D eigenvalue weighted by Crippen LogP contribution is -2.52. The van der Waals surface area contributed by atoms with E-state index in [2.05, 4.69) is 22.4 Å². The van der Waals surface area contributed by atoms with Crippen molar-refractivity contribution in [2.75, 3.05) is 6.54 Å². The number of likely N-dealkylation sites (tertiary alicyclic amines) is 1. The average Bonchev–Trinajstić information content (AvgIpc) is 2.81. The van der Waals surface area contributed by atoms with Crippen molar-refractivity contribution in [3.05, 3.63) is 6.33 Å². The Hall–Kier alpha value is -1.99. The van der Waals surface area contributed by atoms with Crippen LogP contribution in [-0.4, -0.2) is 49.5 Å². The van der Waals surface area contributed by atoms with E-state index in [0.717, 1.165) is 6.42 Å². The molecule has 98 valence electrons. The highest BCUT2D eigenvalue weighted by Gasteiger charge is 2.33. The molecule has 1 fully saturated rings. The summed E-state index contributed by atoms with van der Waals surface area (Å²) in [7, 11) is 0. The third-order valence-electron chi connectivity index (χ3n) is 3.20. The Kier molecular flexibility index (Phi) is 3.54. The summed E-state index contributed by atoms with van der Waals surface area (Å²) in [6, 6.07) is -0.516. The molecule has 1 saturated heterocycles. The van der Waals surface area contributed by atoms with Gasteiger partial charge < -0.3 is 10.6 Å². The molecule has 2 amide bonds. The fraction of sp³-hybridized carbons (Fsp3) is 0.700. The van der Waals surface area contributed by atoms with E-state index < -0.39 is 11.9 Å². The normalized spacial score (nSPS) is 23.9. The molecule has 0 spiro atoms. The van der Waals surface area contributed by atoms with Gasteiger partial charge in [0.25, 0.3) is 0 Å². The van der Waals surface area contributed by atoms with Crippen molar-refractivity contribution in [3.63, 3.8) is 0 Å². The van der Waals surface area contributed by atoms with Gasteiger partial charge in [0.2, 0.25) is 11.8 Å². The zero-order valence-corrected chi connectivity index (χ0v) is 10.2. The number of nitrogens with two attached hydrogens (primary N) is 1. The van der Waals surface area contributed by atoms with Gasteiger partial charge in [0.1, 0.15) is 18.9 Å². The quantitative estimate of drug-likeness (QED) is 0.726. The van der Waals surface area contributed by atoms with Crippen molar-refractivity contribution >= 4 is 11.8 Å². The number of rotatable bonds is 3. The maximum absolute atomic E-state index is 12.1. The minimum absolute atomic E-state index is 0.0329. The molecule has 18 heavy (non-hydrogen) atoms. The number of amides is 2. The minimum atomic E-state index is -0.516. The second kappa shape index (κ2) is 5.11. The zero-order valence-electron chi connectivity index (χ0n) is 10.2. The van der Waals surface area contributed by atoms with Gasteiger partial charge in [-0.25, -0.2) is 4.68 Å². The first-order valence-electron chi connectivity index (χ1n) is 5.87. The summed E-state index contributed by atoms with van der Waals surface area (Å²) in [6.07, 6.45) is 2.87. The van der Waals surface area contributed by atoms with Crippen molar-refractivity contribution in [1.29, 1.82) is 0 Å². The summed E-state index contributed by atoms with van der Waals surface area (Å²) in [5.41, 5.74) is 5.35. The Morgan fingerprint density at radius 3 is 2.89 bits per heavy atom. The van der Waals surface area contributed by atoms with E-state index in [-0.39, 0.29) is 12.5 Å². The third kappa shape index (κ3) is 2.63. The van der Waals surface area contributed by atoms with Crippen LogP contribution in [0.2, 0.25) is 0 Å². The lowest BCUT2D eigenvalue weighted by Gasteiger charge is -2.36. The average molecular weight is 252 g/mol. The molecular formula is C10H16N6O2. The summed E-state index contributed by atoms with van der Waals surface area (Å²) in [5.74, 6) is -0.232. The molecule has 8 heteroatoms. The van der Waals surface area contributed by atoms with Crippen LogP contribution in [0.15, 0.2) is 6.33 Å². The summed E-state index contributed by atoms with van der Waals surface area (Å²) >= 11 is 0. The van der Waals surface area contributed by atoms with E-state index in [0.29, 0.717) is 18.9 Å². The van der Waals surface area contributed by atoms with Crippen molar-refractivity contribution < 1.29 is 9.59 Å². The van der Waals surface area contributed by atoms with Gasteiger partial charge in [-0.2, -0.15) is 0 Å². The van der Waals surface area contributed by atoms with Gasteiger partial charge in [-0.3, -0.25) is 9.59 Å². The number of carbonyl (C=O) groups excluding carboxylic acids is 2. The smallest absolute Gasteiger partial charge is 0.245 e. The lowest BCUT2D eigenvalue weighted by molar-refractivity contribution is -0.142. The molecule has 0 radical (unpaired) electrons. The molecule has 1 aliphatic heterocycles. The van der Waals surface area contributed by atoms with E-state index in [9.17, 15) is 9.59 Å². The summed E-state index contributed by atoms with van der Waals surface area (Å²) in [5, 5.41) is 10.5. The Balaban J connectivity index is 2.05. The Labute approximate surface area is 104 Å². The van der Waals surface area contributed by atoms with E-state index in [1.807, 2.05) is 0 Å². The third-order valence-corrected chi connectivity index (χ3v) is 3.20. The molecule has 2 N–H and O–H groups in total. The minimum Gasteiger partial charge on any atom is -0.368 e. The molecule has 2 unspecified atom stereocenters. The highest BCUT2D eigenvalue weighted by molar-refractivity contribution is 5.86. The Morgan fingerprint density at radius 2 is 2.28 bits per heavy atom. The van der Waals surface area contributed by atoms with Gasteiger partial charge in [0.15, 0.2) is 0 Å². The molecule has 0 saturated carbocycles. The van der Waals surface area contributed by atoms with Gasteiger partial charge in [0.05, 0.1) is 0 Å². The molecule has 1 aromatic heterocycles. The van der Waals surface area contributed by atoms with Crippen LogP contribution < -0.4 is 5.73 Å². The van der Waals surface area contributed by atoms with E-state index in [1.54, 1.807) is 0 Å². The zero-order chi connectivity index (χ0) is 13.1. The summed E-state index contributed by atoms with van der Waals surface area (Å²) in [4.78, 5) is 25.0. The fourth-order valence-corrected chi connectivity index (χ4v) is 2.19. The van der Waals surface area contributed by atoms with Gasteiger partial charge in [-0.05, 0) is 29.2 Å². The monoisotopic (exact) mass is 252 g/mol. The van der Waals surface area contributed by atoms with Crippen LogP contribution >= 0.6 is 0 Å². The predicted octanol–water partition coefficient (Wildman–Crippen LogP) is -1.21. The number of aromatic nitrogens is 4. The largest absolute Gasteiger partial charge is 0.368 e. The van der Waals surface area contributed by atoms with Crippen LogP contribution in [-0.2, 0) is 16.1 Å². The fourth-order valence-electron chi connectivity index (χ4n) is 2.19. The van der Waals surface area contributed by atoms with Crippen molar-refractivity contribution in [2.45, 2.75) is 32.4 Å². The molecule has 2 atom stereocenters. The lowest BCUT2D eigenvalue weighted by atomic mass is 9.92. The van der Waals surface area contributed by atoms with Crippen LogP contribution in [0.3, 0.4) is 0 Å². The number of nitrogens with zero attached hydrogens (tertiary/aromatic N) is 5. The molecule has 0 aliphatic carbocycles. The van der Waals surface area contributed by atoms with Crippen molar-refractivity contribution in [1.82, 2.24) is 25.1 Å². The molecule has 0 bridgehead atoms. The van der Waals surface area contributed by atoms with Crippen LogP contribution in [0.25, 0.3) is 0 Å². The molecule has 8 nitrogen and oxygen atoms in total. The van der Waals surface area contributed by atoms with Crippen molar-refractivity contribution in [2.24, 2.45) is 11.7 Å². The highest BCUT2D eigenvalue weighted by Crippen LogP contribution is 2.22. The molecule has 0 aromatic carbocycles. The standard InChI is InChI=1S/C10H16N6O2/c1-7-2-3-16(8(4-7)10(11)18)9(17)5-15-6-12-13-14-15/h6-8H,2-5H2,1H3,(H2,11,18). The summed E-state index contributed by atoms with van der Waals surface area (Å²) < 4.78 is 1.33. The highest BCUT2D eigenvalue weighted by atomic mass is 16.2. The van der Waals surface area contributed by atoms with Crippen LogP contribution in [0.5, 0.6) is 0 Å². The van der Waals surface area contributed by atoms with Crippen LogP contribution in [0.4, 0.5) is 0 Å². The number of carbonyl (C=O) groups is 2. The van der Waals surface area contributed by atoms with Gasteiger partial charge in [-0.15, -0.1) is 5.10 Å². The number of primary amides is 1. The SMILES string of the molecule is CC1CCN(C(=O)Cn2cnnn2)C(C(N)=O)C1. The van der Waals surface area contributed by atoms with Crippen molar-refractivity contribution in [3.8, 4) is 0 Å². The van der Waals surface area contributed by atoms with Crippen LogP contribution in [0, 0.1) is 5.92 Å².